The van der Waals surface area contributed by atoms with Crippen molar-refractivity contribution in [1.82, 2.24) is 14.8 Å². The summed E-state index contributed by atoms with van der Waals surface area (Å²) in [5, 5.41) is 2.86. The fourth-order valence-electron chi connectivity index (χ4n) is 2.22. The first-order chi connectivity index (χ1) is 9.49. The highest BCUT2D eigenvalue weighted by Gasteiger charge is 2.24. The number of rotatable bonds is 4. The maximum absolute atomic E-state index is 12.2. The zero-order chi connectivity index (χ0) is 14.7. The van der Waals surface area contributed by atoms with Crippen LogP contribution in [0.4, 0.5) is 0 Å². The minimum atomic E-state index is -0.149. The zero-order valence-electron chi connectivity index (χ0n) is 12.1. The number of nitrogens with zero attached hydrogens (tertiary/aromatic N) is 2. The van der Waals surface area contributed by atoms with Gasteiger partial charge in [-0.2, -0.15) is 0 Å². The standard InChI is InChI=1S/C14H21N3O3/c1-10(2)17-6-4-5-12(17)14(19)15-7-11-8-16(3)13(18)9-20-11/h4-6,10-11H,7-9H2,1-3H3,(H,15,19)/t11-/m0/s1. The molecule has 1 aliphatic heterocycles. The molecule has 1 aromatic rings. The first kappa shape index (κ1) is 14.6. The predicted octanol–water partition coefficient (Wildman–Crippen LogP) is 0.656. The van der Waals surface area contributed by atoms with Crippen LogP contribution >= 0.6 is 0 Å². The average molecular weight is 279 g/mol. The quantitative estimate of drug-likeness (QED) is 0.880. The summed E-state index contributed by atoms with van der Waals surface area (Å²) in [5.74, 6) is -0.145. The monoisotopic (exact) mass is 279 g/mol. The van der Waals surface area contributed by atoms with Crippen molar-refractivity contribution < 1.29 is 14.3 Å². The Morgan fingerprint density at radius 3 is 2.95 bits per heavy atom. The second kappa shape index (κ2) is 6.09. The number of aromatic nitrogens is 1. The fraction of sp³-hybridized carbons (Fsp3) is 0.571. The summed E-state index contributed by atoms with van der Waals surface area (Å²) in [7, 11) is 1.74. The molecule has 1 aromatic heterocycles. The molecule has 2 amide bonds. The molecule has 0 aliphatic carbocycles. The molecule has 0 unspecified atom stereocenters. The van der Waals surface area contributed by atoms with Crippen molar-refractivity contribution in [3.63, 3.8) is 0 Å². The molecule has 2 rings (SSSR count). The number of likely N-dealkylation sites (N-methyl/N-ethyl adjacent to an activating group) is 1. The van der Waals surface area contributed by atoms with Gasteiger partial charge < -0.3 is 19.5 Å². The molecule has 20 heavy (non-hydrogen) atoms. The summed E-state index contributed by atoms with van der Waals surface area (Å²) in [6.07, 6.45) is 1.74. The molecule has 0 aromatic carbocycles. The number of hydrogen-bond acceptors (Lipinski definition) is 3. The molecule has 0 saturated carbocycles. The van der Waals surface area contributed by atoms with Crippen molar-refractivity contribution in [2.24, 2.45) is 0 Å². The van der Waals surface area contributed by atoms with Crippen molar-refractivity contribution in [2.75, 3.05) is 26.7 Å². The Morgan fingerprint density at radius 2 is 2.30 bits per heavy atom. The van der Waals surface area contributed by atoms with Gasteiger partial charge in [0.05, 0.1) is 6.10 Å². The molecular formula is C14H21N3O3. The summed E-state index contributed by atoms with van der Waals surface area (Å²) in [6.45, 7) is 5.05. The van der Waals surface area contributed by atoms with Crippen molar-refractivity contribution in [1.29, 1.82) is 0 Å². The molecule has 1 aliphatic rings. The van der Waals surface area contributed by atoms with E-state index in [4.69, 9.17) is 4.74 Å². The van der Waals surface area contributed by atoms with Gasteiger partial charge in [0, 0.05) is 32.4 Å². The van der Waals surface area contributed by atoms with Crippen LogP contribution in [0.15, 0.2) is 18.3 Å². The van der Waals surface area contributed by atoms with Gasteiger partial charge in [-0.15, -0.1) is 0 Å². The molecule has 1 saturated heterocycles. The Morgan fingerprint density at radius 1 is 1.55 bits per heavy atom. The number of ether oxygens (including phenoxy) is 1. The van der Waals surface area contributed by atoms with E-state index in [-0.39, 0.29) is 30.6 Å². The van der Waals surface area contributed by atoms with Crippen LogP contribution in [0.5, 0.6) is 0 Å². The Labute approximate surface area is 118 Å². The van der Waals surface area contributed by atoms with E-state index in [2.05, 4.69) is 5.32 Å². The van der Waals surface area contributed by atoms with Gasteiger partial charge in [-0.1, -0.05) is 0 Å². The van der Waals surface area contributed by atoms with Crippen LogP contribution in [-0.4, -0.2) is 54.1 Å². The number of carbonyl (C=O) groups is 2. The van der Waals surface area contributed by atoms with Crippen LogP contribution < -0.4 is 5.32 Å². The molecule has 110 valence electrons. The molecule has 1 N–H and O–H groups in total. The second-order valence-electron chi connectivity index (χ2n) is 5.31. The molecule has 0 bridgehead atoms. The SMILES string of the molecule is CC(C)n1cccc1C(=O)NC[C@H]1CN(C)C(=O)CO1. The van der Waals surface area contributed by atoms with Crippen molar-refractivity contribution >= 4 is 11.8 Å². The Hall–Kier alpha value is -1.82. The Balaban J connectivity index is 1.89. The third-order valence-corrected chi connectivity index (χ3v) is 3.40. The third-order valence-electron chi connectivity index (χ3n) is 3.40. The van der Waals surface area contributed by atoms with Crippen molar-refractivity contribution in [3.8, 4) is 0 Å². The lowest BCUT2D eigenvalue weighted by Gasteiger charge is -2.30. The van der Waals surface area contributed by atoms with Crippen LogP contribution in [0.25, 0.3) is 0 Å². The zero-order valence-corrected chi connectivity index (χ0v) is 12.1. The van der Waals surface area contributed by atoms with Crippen molar-refractivity contribution in [2.45, 2.75) is 26.0 Å². The lowest BCUT2D eigenvalue weighted by molar-refractivity contribution is -0.146. The molecule has 1 atom stereocenters. The molecule has 2 heterocycles. The average Bonchev–Trinajstić information content (AvgIpc) is 2.89. The second-order valence-corrected chi connectivity index (χ2v) is 5.31. The highest BCUT2D eigenvalue weighted by molar-refractivity contribution is 5.92. The van der Waals surface area contributed by atoms with Crippen LogP contribution in [0, 0.1) is 0 Å². The molecular weight excluding hydrogens is 258 g/mol. The van der Waals surface area contributed by atoms with Crippen molar-refractivity contribution in [3.05, 3.63) is 24.0 Å². The maximum atomic E-state index is 12.2. The van der Waals surface area contributed by atoms with Gasteiger partial charge in [-0.05, 0) is 26.0 Å². The number of hydrogen-bond donors (Lipinski definition) is 1. The van der Waals surface area contributed by atoms with Gasteiger partial charge in [-0.25, -0.2) is 0 Å². The Bertz CT molecular complexity index is 496. The minimum Gasteiger partial charge on any atom is -0.365 e. The molecule has 0 radical (unpaired) electrons. The fourth-order valence-corrected chi connectivity index (χ4v) is 2.22. The first-order valence-corrected chi connectivity index (χ1v) is 6.79. The summed E-state index contributed by atoms with van der Waals surface area (Å²) in [4.78, 5) is 25.1. The van der Waals surface area contributed by atoms with E-state index in [1.807, 2.05) is 30.7 Å². The number of nitrogens with one attached hydrogen (secondary N) is 1. The van der Waals surface area contributed by atoms with E-state index < -0.39 is 0 Å². The molecule has 6 heteroatoms. The van der Waals surface area contributed by atoms with Gasteiger partial charge in [0.25, 0.3) is 5.91 Å². The van der Waals surface area contributed by atoms with E-state index in [1.54, 1.807) is 18.0 Å². The normalized spacial score (nSPS) is 19.5. The van der Waals surface area contributed by atoms with Gasteiger partial charge in [0.1, 0.15) is 12.3 Å². The lowest BCUT2D eigenvalue weighted by atomic mass is 10.2. The maximum Gasteiger partial charge on any atom is 0.268 e. The van der Waals surface area contributed by atoms with E-state index in [0.717, 1.165) is 0 Å². The predicted molar refractivity (Wildman–Crippen MR) is 74.5 cm³/mol. The topological polar surface area (TPSA) is 63.6 Å². The van der Waals surface area contributed by atoms with Crippen LogP contribution in [0.3, 0.4) is 0 Å². The van der Waals surface area contributed by atoms with E-state index in [0.29, 0.717) is 18.8 Å². The molecule has 0 spiro atoms. The number of morpholine rings is 1. The summed E-state index contributed by atoms with van der Waals surface area (Å²) in [6, 6.07) is 3.89. The smallest absolute Gasteiger partial charge is 0.268 e. The van der Waals surface area contributed by atoms with Crippen LogP contribution in [0.2, 0.25) is 0 Å². The number of carbonyl (C=O) groups excluding carboxylic acids is 2. The minimum absolute atomic E-state index is 0.0266. The highest BCUT2D eigenvalue weighted by Crippen LogP contribution is 2.11. The van der Waals surface area contributed by atoms with Gasteiger partial charge in [0.15, 0.2) is 0 Å². The van der Waals surface area contributed by atoms with E-state index in [9.17, 15) is 9.59 Å². The third kappa shape index (κ3) is 3.19. The van der Waals surface area contributed by atoms with E-state index in [1.165, 1.54) is 0 Å². The first-order valence-electron chi connectivity index (χ1n) is 6.79. The lowest BCUT2D eigenvalue weighted by Crippen LogP contribution is -2.48. The summed E-state index contributed by atoms with van der Waals surface area (Å²) < 4.78 is 7.32. The molecule has 1 fully saturated rings. The molecule has 6 nitrogen and oxygen atoms in total. The van der Waals surface area contributed by atoms with Gasteiger partial charge >= 0.3 is 0 Å². The van der Waals surface area contributed by atoms with Crippen LogP contribution in [0.1, 0.15) is 30.4 Å². The van der Waals surface area contributed by atoms with Gasteiger partial charge in [-0.3, -0.25) is 9.59 Å². The summed E-state index contributed by atoms with van der Waals surface area (Å²) in [5.41, 5.74) is 0.639. The Kier molecular flexibility index (Phi) is 4.44. The number of amides is 2. The van der Waals surface area contributed by atoms with Crippen LogP contribution in [-0.2, 0) is 9.53 Å². The van der Waals surface area contributed by atoms with E-state index >= 15 is 0 Å². The largest absolute Gasteiger partial charge is 0.365 e. The van der Waals surface area contributed by atoms with Gasteiger partial charge in [0.2, 0.25) is 5.91 Å². The summed E-state index contributed by atoms with van der Waals surface area (Å²) >= 11 is 0. The highest BCUT2D eigenvalue weighted by atomic mass is 16.5.